The number of aliphatic hydroxyl groups is 1. The van der Waals surface area contributed by atoms with Crippen molar-refractivity contribution in [2.45, 2.75) is 38.0 Å². The van der Waals surface area contributed by atoms with Crippen LogP contribution in [0.15, 0.2) is 0 Å². The minimum absolute atomic E-state index is 0.0550. The van der Waals surface area contributed by atoms with Crippen molar-refractivity contribution in [1.82, 2.24) is 5.32 Å². The molecule has 0 saturated heterocycles. The summed E-state index contributed by atoms with van der Waals surface area (Å²) >= 11 is 0. The lowest BCUT2D eigenvalue weighted by atomic mass is 10.0. The van der Waals surface area contributed by atoms with Crippen LogP contribution in [0.1, 0.15) is 27.2 Å². The third kappa shape index (κ3) is 5.13. The molecular weight excluding hydrogens is 218 g/mol. The van der Waals surface area contributed by atoms with E-state index in [-0.39, 0.29) is 6.61 Å². The Morgan fingerprint density at radius 3 is 2.27 bits per heavy atom. The second-order valence-corrected chi connectivity index (χ2v) is 6.68. The molecule has 1 unspecified atom stereocenters. The zero-order valence-corrected chi connectivity index (χ0v) is 10.4. The molecule has 5 nitrogen and oxygen atoms in total. The van der Waals surface area contributed by atoms with Crippen LogP contribution >= 0.6 is 0 Å². The van der Waals surface area contributed by atoms with Crippen molar-refractivity contribution in [3.8, 4) is 0 Å². The van der Waals surface area contributed by atoms with Crippen molar-refractivity contribution >= 4 is 15.7 Å². The summed E-state index contributed by atoms with van der Waals surface area (Å²) < 4.78 is 22.2. The van der Waals surface area contributed by atoms with Gasteiger partial charge in [-0.1, -0.05) is 0 Å². The number of amides is 1. The van der Waals surface area contributed by atoms with Gasteiger partial charge in [0, 0.05) is 18.4 Å². The average molecular weight is 237 g/mol. The Balaban J connectivity index is 4.51. The molecule has 0 fully saturated rings. The first-order chi connectivity index (χ1) is 6.60. The summed E-state index contributed by atoms with van der Waals surface area (Å²) in [4.78, 5) is 11.5. The summed E-state index contributed by atoms with van der Waals surface area (Å²) in [7, 11) is -3.36. The molecule has 0 aliphatic heterocycles. The van der Waals surface area contributed by atoms with Crippen LogP contribution in [-0.2, 0) is 14.6 Å². The fraction of sp³-hybridized carbons (Fsp3) is 0.889. The Kier molecular flexibility index (Phi) is 4.73. The molecule has 0 aliphatic rings. The summed E-state index contributed by atoms with van der Waals surface area (Å²) in [5, 5.41) is 10.3. The number of carbonyl (C=O) groups excluding carboxylic acids is 1. The highest BCUT2D eigenvalue weighted by Crippen LogP contribution is 2.09. The zero-order valence-electron chi connectivity index (χ0n) is 9.57. The smallest absolute Gasteiger partial charge is 0.238 e. The van der Waals surface area contributed by atoms with E-state index in [1.165, 1.54) is 6.92 Å². The van der Waals surface area contributed by atoms with E-state index >= 15 is 0 Å². The molecule has 0 saturated carbocycles. The van der Waals surface area contributed by atoms with Gasteiger partial charge >= 0.3 is 0 Å². The van der Waals surface area contributed by atoms with E-state index in [9.17, 15) is 13.2 Å². The van der Waals surface area contributed by atoms with Gasteiger partial charge in [-0.25, -0.2) is 8.42 Å². The number of sulfone groups is 1. The van der Waals surface area contributed by atoms with Crippen molar-refractivity contribution in [3.05, 3.63) is 0 Å². The number of carbonyl (C=O) groups is 1. The topological polar surface area (TPSA) is 83.5 Å². The number of rotatable bonds is 5. The lowest BCUT2D eigenvalue weighted by Gasteiger charge is -2.26. The Morgan fingerprint density at radius 2 is 1.93 bits per heavy atom. The molecule has 0 aromatic carbocycles. The molecular formula is C9H19NO4S. The molecule has 0 heterocycles. The molecule has 1 atom stereocenters. The molecule has 2 N–H and O–H groups in total. The fourth-order valence-corrected chi connectivity index (χ4v) is 1.42. The molecule has 0 bridgehead atoms. The van der Waals surface area contributed by atoms with Crippen molar-refractivity contribution < 1.29 is 18.3 Å². The van der Waals surface area contributed by atoms with E-state index in [2.05, 4.69) is 5.32 Å². The normalized spacial score (nSPS) is 14.7. The summed E-state index contributed by atoms with van der Waals surface area (Å²) in [6, 6.07) is 0. The molecule has 0 aromatic rings. The molecule has 1 amide bonds. The summed E-state index contributed by atoms with van der Waals surface area (Å²) in [6.45, 7) is 4.76. The van der Waals surface area contributed by atoms with Crippen LogP contribution in [0.2, 0.25) is 0 Å². The SMILES string of the molecule is CC(C(=O)NC(C)(C)CCO)S(C)(=O)=O. The second-order valence-electron chi connectivity index (χ2n) is 4.32. The van der Waals surface area contributed by atoms with Crippen molar-refractivity contribution in [2.24, 2.45) is 0 Å². The van der Waals surface area contributed by atoms with Gasteiger partial charge in [0.05, 0.1) is 0 Å². The Labute approximate surface area is 90.8 Å². The van der Waals surface area contributed by atoms with Crippen LogP contribution in [-0.4, -0.2) is 43.1 Å². The van der Waals surface area contributed by atoms with Crippen LogP contribution < -0.4 is 5.32 Å². The minimum atomic E-state index is -3.36. The monoisotopic (exact) mass is 237 g/mol. The van der Waals surface area contributed by atoms with E-state index in [0.717, 1.165) is 6.26 Å². The number of hydrogen-bond acceptors (Lipinski definition) is 4. The highest BCUT2D eigenvalue weighted by atomic mass is 32.2. The van der Waals surface area contributed by atoms with Gasteiger partial charge in [-0.2, -0.15) is 0 Å². The average Bonchev–Trinajstić information content (AvgIpc) is 1.99. The largest absolute Gasteiger partial charge is 0.396 e. The predicted molar refractivity (Wildman–Crippen MR) is 58.2 cm³/mol. The first-order valence-corrected chi connectivity index (χ1v) is 6.67. The Bertz CT molecular complexity index is 321. The maximum Gasteiger partial charge on any atom is 0.238 e. The van der Waals surface area contributed by atoms with Gasteiger partial charge in [0.25, 0.3) is 0 Å². The minimum Gasteiger partial charge on any atom is -0.396 e. The summed E-state index contributed by atoms with van der Waals surface area (Å²) in [6.07, 6.45) is 1.41. The zero-order chi connectivity index (χ0) is 12.3. The van der Waals surface area contributed by atoms with E-state index < -0.39 is 26.5 Å². The molecule has 0 spiro atoms. The third-order valence-electron chi connectivity index (χ3n) is 2.21. The molecule has 6 heteroatoms. The van der Waals surface area contributed by atoms with Crippen molar-refractivity contribution in [3.63, 3.8) is 0 Å². The first kappa shape index (κ1) is 14.4. The number of nitrogens with one attached hydrogen (secondary N) is 1. The Hall–Kier alpha value is -0.620. The highest BCUT2D eigenvalue weighted by molar-refractivity contribution is 7.92. The quantitative estimate of drug-likeness (QED) is 0.687. The van der Waals surface area contributed by atoms with Crippen LogP contribution in [0.3, 0.4) is 0 Å². The highest BCUT2D eigenvalue weighted by Gasteiger charge is 2.28. The van der Waals surface area contributed by atoms with Gasteiger partial charge in [-0.3, -0.25) is 4.79 Å². The maximum atomic E-state index is 11.5. The van der Waals surface area contributed by atoms with E-state index in [0.29, 0.717) is 6.42 Å². The van der Waals surface area contributed by atoms with Crippen LogP contribution in [0, 0.1) is 0 Å². The van der Waals surface area contributed by atoms with Crippen molar-refractivity contribution in [2.75, 3.05) is 12.9 Å². The predicted octanol–water partition coefficient (Wildman–Crippen LogP) is -0.303. The van der Waals surface area contributed by atoms with E-state index in [1.54, 1.807) is 13.8 Å². The lowest BCUT2D eigenvalue weighted by molar-refractivity contribution is -0.122. The third-order valence-corrected chi connectivity index (χ3v) is 3.71. The lowest BCUT2D eigenvalue weighted by Crippen LogP contribution is -2.49. The summed E-state index contributed by atoms with van der Waals surface area (Å²) in [5.41, 5.74) is -0.592. The van der Waals surface area contributed by atoms with Crippen LogP contribution in [0.4, 0.5) is 0 Å². The van der Waals surface area contributed by atoms with Gasteiger partial charge in [-0.05, 0) is 27.2 Å². The van der Waals surface area contributed by atoms with Crippen LogP contribution in [0.25, 0.3) is 0 Å². The van der Waals surface area contributed by atoms with Gasteiger partial charge in [0.15, 0.2) is 9.84 Å². The molecule has 15 heavy (non-hydrogen) atoms. The maximum absolute atomic E-state index is 11.5. The standard InChI is InChI=1S/C9H19NO4S/c1-7(15(4,13)14)8(12)10-9(2,3)5-6-11/h7,11H,5-6H2,1-4H3,(H,10,12). The van der Waals surface area contributed by atoms with Gasteiger partial charge in [-0.15, -0.1) is 0 Å². The molecule has 0 aromatic heterocycles. The first-order valence-electron chi connectivity index (χ1n) is 4.72. The van der Waals surface area contributed by atoms with Gasteiger partial charge < -0.3 is 10.4 Å². The Morgan fingerprint density at radius 1 is 1.47 bits per heavy atom. The van der Waals surface area contributed by atoms with Gasteiger partial charge in [0.1, 0.15) is 5.25 Å². The van der Waals surface area contributed by atoms with Gasteiger partial charge in [0.2, 0.25) is 5.91 Å². The van der Waals surface area contributed by atoms with Crippen molar-refractivity contribution in [1.29, 1.82) is 0 Å². The number of aliphatic hydroxyl groups excluding tert-OH is 1. The molecule has 0 rings (SSSR count). The van der Waals surface area contributed by atoms with E-state index in [4.69, 9.17) is 5.11 Å². The number of hydrogen-bond donors (Lipinski definition) is 2. The molecule has 0 radical (unpaired) electrons. The summed E-state index contributed by atoms with van der Waals surface area (Å²) in [5.74, 6) is -0.532. The fourth-order valence-electron chi connectivity index (χ4n) is 0.972. The second kappa shape index (κ2) is 4.94. The van der Waals surface area contributed by atoms with E-state index in [1.807, 2.05) is 0 Å². The molecule has 90 valence electrons. The molecule has 0 aliphatic carbocycles. The van der Waals surface area contributed by atoms with Crippen LogP contribution in [0.5, 0.6) is 0 Å².